The van der Waals surface area contributed by atoms with E-state index < -0.39 is 6.04 Å². The molecule has 0 spiro atoms. The van der Waals surface area contributed by atoms with E-state index in [9.17, 15) is 14.4 Å². The van der Waals surface area contributed by atoms with E-state index in [2.05, 4.69) is 10.6 Å². The Hall–Kier alpha value is -2.37. The molecule has 0 heterocycles. The fraction of sp³-hybridized carbons (Fsp3) is 0.640. The Balaban J connectivity index is 1.23. The van der Waals surface area contributed by atoms with E-state index in [1.165, 1.54) is 26.4 Å². The van der Waals surface area contributed by atoms with Gasteiger partial charge in [0.2, 0.25) is 11.8 Å². The van der Waals surface area contributed by atoms with Gasteiger partial charge in [-0.3, -0.25) is 14.4 Å². The average molecular weight is 427 g/mol. The predicted molar refractivity (Wildman–Crippen MR) is 117 cm³/mol. The van der Waals surface area contributed by atoms with Gasteiger partial charge < -0.3 is 15.4 Å². The quantitative estimate of drug-likeness (QED) is 0.467. The summed E-state index contributed by atoms with van der Waals surface area (Å²) in [5, 5.41) is 6.07. The van der Waals surface area contributed by atoms with Crippen LogP contribution in [0.15, 0.2) is 30.3 Å². The monoisotopic (exact) mass is 426 g/mol. The standard InChI is InChI=1S/C25H34N2O4/c1-31-23(29)13-21(20-6-3-2-4-7-20)27-22(28)8-5-9-26-24(30)25-14-17-10-18(15-25)12-19(11-17)16-25/h2-4,6-7,17-19,21H,5,8-16H2,1H3,(H,26,30)(H,27,28). The highest BCUT2D eigenvalue weighted by atomic mass is 16.5. The van der Waals surface area contributed by atoms with Gasteiger partial charge in [0.15, 0.2) is 0 Å². The van der Waals surface area contributed by atoms with Crippen molar-refractivity contribution in [3.05, 3.63) is 35.9 Å². The number of hydrogen-bond acceptors (Lipinski definition) is 4. The first-order chi connectivity index (χ1) is 15.0. The van der Waals surface area contributed by atoms with Gasteiger partial charge in [-0.1, -0.05) is 30.3 Å². The van der Waals surface area contributed by atoms with Gasteiger partial charge in [-0.2, -0.15) is 0 Å². The molecule has 2 amide bonds. The number of benzene rings is 1. The number of hydrogen-bond donors (Lipinski definition) is 2. The topological polar surface area (TPSA) is 84.5 Å². The molecule has 5 rings (SSSR count). The second-order valence-corrected chi connectivity index (χ2v) is 9.87. The van der Waals surface area contributed by atoms with Crippen LogP contribution in [0.25, 0.3) is 0 Å². The zero-order chi connectivity index (χ0) is 21.8. The number of nitrogens with one attached hydrogen (secondary N) is 2. The predicted octanol–water partition coefficient (Wildman–Crippen LogP) is 3.52. The summed E-state index contributed by atoms with van der Waals surface area (Å²) >= 11 is 0. The molecule has 0 aromatic heterocycles. The van der Waals surface area contributed by atoms with Crippen LogP contribution in [-0.4, -0.2) is 31.4 Å². The molecule has 0 radical (unpaired) electrons. The lowest BCUT2D eigenvalue weighted by Crippen LogP contribution is -2.53. The molecule has 6 heteroatoms. The first kappa shape index (κ1) is 21.8. The Bertz CT molecular complexity index is 772. The highest BCUT2D eigenvalue weighted by Gasteiger charge is 2.54. The van der Waals surface area contributed by atoms with Crippen molar-refractivity contribution in [1.82, 2.24) is 10.6 Å². The second kappa shape index (κ2) is 9.41. The summed E-state index contributed by atoms with van der Waals surface area (Å²) in [7, 11) is 1.35. The molecular weight excluding hydrogens is 392 g/mol. The van der Waals surface area contributed by atoms with Crippen LogP contribution in [0, 0.1) is 23.2 Å². The van der Waals surface area contributed by atoms with Crippen molar-refractivity contribution in [3.8, 4) is 0 Å². The largest absolute Gasteiger partial charge is 0.469 e. The third-order valence-corrected chi connectivity index (χ3v) is 7.52. The van der Waals surface area contributed by atoms with Crippen molar-refractivity contribution < 1.29 is 19.1 Å². The molecular formula is C25H34N2O4. The maximum absolute atomic E-state index is 13.0. The van der Waals surface area contributed by atoms with E-state index in [1.54, 1.807) is 0 Å². The maximum Gasteiger partial charge on any atom is 0.307 e. The summed E-state index contributed by atoms with van der Waals surface area (Å²) in [4.78, 5) is 37.2. The molecule has 1 atom stereocenters. The number of carbonyl (C=O) groups excluding carboxylic acids is 3. The SMILES string of the molecule is COC(=O)CC(NC(=O)CCCNC(=O)C12CC3CC(CC(C3)C1)C2)c1ccccc1. The number of carbonyl (C=O) groups is 3. The first-order valence-electron chi connectivity index (χ1n) is 11.7. The molecule has 4 fully saturated rings. The molecule has 4 saturated carbocycles. The van der Waals surface area contributed by atoms with Crippen LogP contribution in [-0.2, 0) is 19.1 Å². The summed E-state index contributed by atoms with van der Waals surface area (Å²) in [6.45, 7) is 0.515. The van der Waals surface area contributed by atoms with Gasteiger partial charge in [0, 0.05) is 18.4 Å². The number of esters is 1. The third kappa shape index (κ3) is 5.10. The van der Waals surface area contributed by atoms with Crippen LogP contribution < -0.4 is 10.6 Å². The molecule has 4 aliphatic carbocycles. The van der Waals surface area contributed by atoms with Crippen molar-refractivity contribution in [3.63, 3.8) is 0 Å². The smallest absolute Gasteiger partial charge is 0.307 e. The Morgan fingerprint density at radius 1 is 1.03 bits per heavy atom. The van der Waals surface area contributed by atoms with Gasteiger partial charge in [0.25, 0.3) is 0 Å². The Morgan fingerprint density at radius 2 is 1.65 bits per heavy atom. The van der Waals surface area contributed by atoms with Crippen LogP contribution in [0.2, 0.25) is 0 Å². The molecule has 2 N–H and O–H groups in total. The van der Waals surface area contributed by atoms with E-state index in [0.29, 0.717) is 19.4 Å². The van der Waals surface area contributed by atoms with E-state index in [0.717, 1.165) is 42.6 Å². The summed E-state index contributed by atoms with van der Waals surface area (Å²) in [5.74, 6) is 1.95. The summed E-state index contributed by atoms with van der Waals surface area (Å²) in [6, 6.07) is 9.02. The van der Waals surface area contributed by atoms with Gasteiger partial charge in [-0.15, -0.1) is 0 Å². The van der Waals surface area contributed by atoms with Crippen LogP contribution >= 0.6 is 0 Å². The lowest BCUT2D eigenvalue weighted by Gasteiger charge is -2.55. The number of ether oxygens (including phenoxy) is 1. The highest BCUT2D eigenvalue weighted by molar-refractivity contribution is 5.83. The number of methoxy groups -OCH3 is 1. The number of rotatable bonds is 9. The molecule has 6 nitrogen and oxygen atoms in total. The Kier molecular flexibility index (Phi) is 6.63. The fourth-order valence-corrected chi connectivity index (χ4v) is 6.48. The van der Waals surface area contributed by atoms with Crippen LogP contribution in [0.3, 0.4) is 0 Å². The maximum atomic E-state index is 13.0. The second-order valence-electron chi connectivity index (χ2n) is 9.87. The van der Waals surface area contributed by atoms with Crippen molar-refractivity contribution in [2.45, 2.75) is 63.8 Å². The van der Waals surface area contributed by atoms with Crippen molar-refractivity contribution in [1.29, 1.82) is 0 Å². The minimum Gasteiger partial charge on any atom is -0.469 e. The normalized spacial score (nSPS) is 29.3. The molecule has 168 valence electrons. The molecule has 0 saturated heterocycles. The summed E-state index contributed by atoms with van der Waals surface area (Å²) in [5.41, 5.74) is 0.729. The van der Waals surface area contributed by atoms with Gasteiger partial charge in [-0.25, -0.2) is 0 Å². The summed E-state index contributed by atoms with van der Waals surface area (Å²) < 4.78 is 4.77. The zero-order valence-corrected chi connectivity index (χ0v) is 18.4. The van der Waals surface area contributed by atoms with Gasteiger partial charge in [0.05, 0.1) is 19.6 Å². The van der Waals surface area contributed by atoms with Crippen molar-refractivity contribution in [2.24, 2.45) is 23.2 Å². The average Bonchev–Trinajstić information content (AvgIpc) is 2.75. The fourth-order valence-electron chi connectivity index (χ4n) is 6.48. The van der Waals surface area contributed by atoms with E-state index in [-0.39, 0.29) is 29.6 Å². The lowest BCUT2D eigenvalue weighted by atomic mass is 9.49. The summed E-state index contributed by atoms with van der Waals surface area (Å²) in [6.07, 6.45) is 8.11. The van der Waals surface area contributed by atoms with Gasteiger partial charge >= 0.3 is 5.97 Å². The Labute approximate surface area is 184 Å². The zero-order valence-electron chi connectivity index (χ0n) is 18.4. The van der Waals surface area contributed by atoms with Gasteiger partial charge in [0.1, 0.15) is 0 Å². The van der Waals surface area contributed by atoms with E-state index >= 15 is 0 Å². The minimum absolute atomic E-state index is 0.0923. The molecule has 1 aromatic carbocycles. The third-order valence-electron chi connectivity index (χ3n) is 7.52. The molecule has 4 aliphatic rings. The van der Waals surface area contributed by atoms with Gasteiger partial charge in [-0.05, 0) is 68.3 Å². The van der Waals surface area contributed by atoms with E-state index in [1.807, 2.05) is 30.3 Å². The molecule has 4 bridgehead atoms. The van der Waals surface area contributed by atoms with Crippen molar-refractivity contribution in [2.75, 3.05) is 13.7 Å². The molecule has 0 aliphatic heterocycles. The molecule has 1 aromatic rings. The molecule has 1 unspecified atom stereocenters. The van der Waals surface area contributed by atoms with Crippen LogP contribution in [0.1, 0.15) is 69.4 Å². The highest BCUT2D eigenvalue weighted by Crippen LogP contribution is 2.60. The van der Waals surface area contributed by atoms with Crippen LogP contribution in [0.5, 0.6) is 0 Å². The van der Waals surface area contributed by atoms with E-state index in [4.69, 9.17) is 4.74 Å². The first-order valence-corrected chi connectivity index (χ1v) is 11.7. The van der Waals surface area contributed by atoms with Crippen LogP contribution in [0.4, 0.5) is 0 Å². The number of amides is 2. The molecule has 31 heavy (non-hydrogen) atoms. The lowest BCUT2D eigenvalue weighted by molar-refractivity contribution is -0.146. The minimum atomic E-state index is -0.414. The van der Waals surface area contributed by atoms with Crippen molar-refractivity contribution >= 4 is 17.8 Å². The Morgan fingerprint density at radius 3 is 2.23 bits per heavy atom.